The van der Waals surface area contributed by atoms with E-state index in [2.05, 4.69) is 0 Å². The van der Waals surface area contributed by atoms with E-state index >= 15 is 0 Å². The molecular weight excluding hydrogens is 154 g/mol. The van der Waals surface area contributed by atoms with E-state index in [0.717, 1.165) is 25.7 Å². The van der Waals surface area contributed by atoms with Crippen molar-refractivity contribution in [2.75, 3.05) is 7.11 Å². The lowest BCUT2D eigenvalue weighted by molar-refractivity contribution is -0.149. The molecule has 0 saturated heterocycles. The summed E-state index contributed by atoms with van der Waals surface area (Å²) < 4.78 is 4.71. The Kier molecular flexibility index (Phi) is 2.73. The Hall–Kier alpha value is -0.570. The Balaban J connectivity index is 2.66. The second-order valence-electron chi connectivity index (χ2n) is 3.83. The van der Waals surface area contributed by atoms with Crippen molar-refractivity contribution in [1.29, 1.82) is 0 Å². The maximum Gasteiger partial charge on any atom is 0.310 e. The summed E-state index contributed by atoms with van der Waals surface area (Å²) in [5, 5.41) is 0. The lowest BCUT2D eigenvalue weighted by atomic mass is 9.75. The highest BCUT2D eigenvalue weighted by molar-refractivity contribution is 5.74. The number of rotatable bonds is 1. The van der Waals surface area contributed by atoms with E-state index in [0.29, 0.717) is 0 Å². The molecule has 1 aliphatic carbocycles. The molecule has 0 aromatic heterocycles. The summed E-state index contributed by atoms with van der Waals surface area (Å²) in [4.78, 5) is 11.3. The first-order valence-corrected chi connectivity index (χ1v) is 4.44. The van der Waals surface area contributed by atoms with E-state index < -0.39 is 0 Å². The molecule has 1 rings (SSSR count). The van der Waals surface area contributed by atoms with Gasteiger partial charge in [-0.3, -0.25) is 4.79 Å². The highest BCUT2D eigenvalue weighted by Crippen LogP contribution is 2.32. The molecule has 0 aromatic carbocycles. The average molecular weight is 171 g/mol. The van der Waals surface area contributed by atoms with Gasteiger partial charge in [0.15, 0.2) is 0 Å². The predicted molar refractivity (Wildman–Crippen MR) is 46.6 cm³/mol. The van der Waals surface area contributed by atoms with Crippen LogP contribution in [0.15, 0.2) is 0 Å². The number of esters is 1. The van der Waals surface area contributed by atoms with Gasteiger partial charge in [-0.2, -0.15) is 0 Å². The Morgan fingerprint density at radius 3 is 2.75 bits per heavy atom. The van der Waals surface area contributed by atoms with Gasteiger partial charge in [-0.1, -0.05) is 12.8 Å². The van der Waals surface area contributed by atoms with Crippen LogP contribution in [0.3, 0.4) is 0 Å². The molecule has 0 amide bonds. The Bertz CT molecular complexity index is 177. The third kappa shape index (κ3) is 1.78. The monoisotopic (exact) mass is 171 g/mol. The summed E-state index contributed by atoms with van der Waals surface area (Å²) in [5.41, 5.74) is 5.64. The van der Waals surface area contributed by atoms with Gasteiger partial charge in [0.2, 0.25) is 0 Å². The van der Waals surface area contributed by atoms with Crippen LogP contribution in [-0.4, -0.2) is 18.6 Å². The zero-order chi connectivity index (χ0) is 9.19. The first kappa shape index (κ1) is 9.52. The van der Waals surface area contributed by atoms with Crippen molar-refractivity contribution in [3.8, 4) is 0 Å². The molecule has 0 spiro atoms. The van der Waals surface area contributed by atoms with Crippen LogP contribution >= 0.6 is 0 Å². The maximum atomic E-state index is 11.3. The number of ether oxygens (including phenoxy) is 1. The van der Waals surface area contributed by atoms with Crippen LogP contribution in [0.2, 0.25) is 0 Å². The van der Waals surface area contributed by atoms with Crippen molar-refractivity contribution in [3.05, 3.63) is 0 Å². The number of nitrogens with two attached hydrogens (primary N) is 1. The number of hydrogen-bond donors (Lipinski definition) is 1. The molecule has 0 heterocycles. The molecule has 0 aliphatic heterocycles. The molecule has 1 fully saturated rings. The molecule has 1 saturated carbocycles. The van der Waals surface area contributed by atoms with Gasteiger partial charge in [-0.25, -0.2) is 0 Å². The van der Waals surface area contributed by atoms with Crippen LogP contribution in [0.1, 0.15) is 32.6 Å². The highest BCUT2D eigenvalue weighted by Gasteiger charge is 2.38. The largest absolute Gasteiger partial charge is 0.469 e. The number of carbonyl (C=O) groups is 1. The fourth-order valence-electron chi connectivity index (χ4n) is 1.89. The molecule has 2 unspecified atom stereocenters. The van der Waals surface area contributed by atoms with Crippen LogP contribution in [0.25, 0.3) is 0 Å². The minimum Gasteiger partial charge on any atom is -0.469 e. The van der Waals surface area contributed by atoms with Gasteiger partial charge in [-0.15, -0.1) is 0 Å². The molecule has 70 valence electrons. The van der Waals surface area contributed by atoms with Crippen molar-refractivity contribution >= 4 is 5.97 Å². The van der Waals surface area contributed by atoms with E-state index in [-0.39, 0.29) is 17.4 Å². The van der Waals surface area contributed by atoms with Crippen molar-refractivity contribution in [2.45, 2.75) is 38.1 Å². The van der Waals surface area contributed by atoms with Gasteiger partial charge in [0, 0.05) is 5.54 Å². The summed E-state index contributed by atoms with van der Waals surface area (Å²) in [6.45, 7) is 1.94. The molecule has 1 aliphatic rings. The maximum absolute atomic E-state index is 11.3. The van der Waals surface area contributed by atoms with Gasteiger partial charge >= 0.3 is 5.97 Å². The third-order valence-corrected chi connectivity index (χ3v) is 2.74. The zero-order valence-corrected chi connectivity index (χ0v) is 7.80. The molecule has 3 heteroatoms. The van der Waals surface area contributed by atoms with E-state index in [1.165, 1.54) is 7.11 Å². The smallest absolute Gasteiger partial charge is 0.310 e. The van der Waals surface area contributed by atoms with Crippen molar-refractivity contribution in [1.82, 2.24) is 0 Å². The molecule has 0 bridgehead atoms. The molecule has 3 nitrogen and oxygen atoms in total. The second kappa shape index (κ2) is 3.44. The molecular formula is C9H17NO2. The Morgan fingerprint density at radius 2 is 2.25 bits per heavy atom. The van der Waals surface area contributed by atoms with E-state index in [1.54, 1.807) is 0 Å². The first-order chi connectivity index (χ1) is 5.58. The summed E-state index contributed by atoms with van der Waals surface area (Å²) >= 11 is 0. The van der Waals surface area contributed by atoms with Crippen LogP contribution < -0.4 is 5.73 Å². The van der Waals surface area contributed by atoms with Crippen LogP contribution in [0.5, 0.6) is 0 Å². The van der Waals surface area contributed by atoms with Gasteiger partial charge in [0.05, 0.1) is 13.0 Å². The summed E-state index contributed by atoms with van der Waals surface area (Å²) in [6, 6.07) is 0. The normalized spacial score (nSPS) is 36.1. The van der Waals surface area contributed by atoms with Crippen molar-refractivity contribution < 1.29 is 9.53 Å². The molecule has 0 aromatic rings. The minimum absolute atomic E-state index is 0.101. The lowest BCUT2D eigenvalue weighted by Gasteiger charge is -2.36. The summed E-state index contributed by atoms with van der Waals surface area (Å²) in [5.74, 6) is -0.254. The van der Waals surface area contributed by atoms with Crippen LogP contribution in [0.4, 0.5) is 0 Å². The fraction of sp³-hybridized carbons (Fsp3) is 0.889. The van der Waals surface area contributed by atoms with Gasteiger partial charge in [0.25, 0.3) is 0 Å². The molecule has 2 N–H and O–H groups in total. The predicted octanol–water partition coefficient (Wildman–Crippen LogP) is 1.07. The molecule has 12 heavy (non-hydrogen) atoms. The van der Waals surface area contributed by atoms with Crippen molar-refractivity contribution in [3.63, 3.8) is 0 Å². The average Bonchev–Trinajstić information content (AvgIpc) is 2.02. The fourth-order valence-corrected chi connectivity index (χ4v) is 1.89. The lowest BCUT2D eigenvalue weighted by Crippen LogP contribution is -2.50. The quantitative estimate of drug-likeness (QED) is 0.600. The molecule has 2 atom stereocenters. The van der Waals surface area contributed by atoms with Gasteiger partial charge < -0.3 is 10.5 Å². The van der Waals surface area contributed by atoms with E-state index in [9.17, 15) is 4.79 Å². The van der Waals surface area contributed by atoms with E-state index in [4.69, 9.17) is 10.5 Å². The van der Waals surface area contributed by atoms with E-state index in [1.807, 2.05) is 6.92 Å². The minimum atomic E-state index is -0.356. The van der Waals surface area contributed by atoms with Gasteiger partial charge in [-0.05, 0) is 19.8 Å². The summed E-state index contributed by atoms with van der Waals surface area (Å²) in [6.07, 6.45) is 4.01. The topological polar surface area (TPSA) is 52.3 Å². The number of hydrogen-bond acceptors (Lipinski definition) is 3. The standard InChI is InChI=1S/C9H17NO2/c1-9(10)6-4-3-5-7(9)8(11)12-2/h7H,3-6,10H2,1-2H3. The van der Waals surface area contributed by atoms with Crippen LogP contribution in [-0.2, 0) is 9.53 Å². The number of carbonyl (C=O) groups excluding carboxylic acids is 1. The van der Waals surface area contributed by atoms with Gasteiger partial charge in [0.1, 0.15) is 0 Å². The zero-order valence-electron chi connectivity index (χ0n) is 7.80. The SMILES string of the molecule is COC(=O)C1CCCCC1(C)N. The Morgan fingerprint density at radius 1 is 1.58 bits per heavy atom. The second-order valence-corrected chi connectivity index (χ2v) is 3.83. The molecule has 0 radical (unpaired) electrons. The summed E-state index contributed by atoms with van der Waals surface area (Å²) in [7, 11) is 1.42. The first-order valence-electron chi connectivity index (χ1n) is 4.44. The highest BCUT2D eigenvalue weighted by atomic mass is 16.5. The van der Waals surface area contributed by atoms with Crippen molar-refractivity contribution in [2.24, 2.45) is 11.7 Å². The Labute approximate surface area is 73.3 Å². The number of methoxy groups -OCH3 is 1. The van der Waals surface area contributed by atoms with Crippen LogP contribution in [0, 0.1) is 5.92 Å². The third-order valence-electron chi connectivity index (χ3n) is 2.74.